The van der Waals surface area contributed by atoms with Gasteiger partial charge < -0.3 is 15.2 Å². The second kappa shape index (κ2) is 7.00. The van der Waals surface area contributed by atoms with E-state index in [2.05, 4.69) is 15.6 Å². The van der Waals surface area contributed by atoms with E-state index >= 15 is 0 Å². The minimum atomic E-state index is -0.977. The van der Waals surface area contributed by atoms with E-state index < -0.39 is 18.1 Å². The molecule has 0 aliphatic carbocycles. The first-order valence-electron chi connectivity index (χ1n) is 6.23. The van der Waals surface area contributed by atoms with E-state index in [1.165, 1.54) is 18.4 Å². The second-order valence-corrected chi connectivity index (χ2v) is 5.31. The average molecular weight is 309 g/mol. The quantitative estimate of drug-likeness (QED) is 0.756. The number of benzene rings is 1. The lowest BCUT2D eigenvalue weighted by Gasteiger charge is -2.13. The van der Waals surface area contributed by atoms with Crippen LogP contribution in [0.5, 0.6) is 0 Å². The zero-order chi connectivity index (χ0) is 15.2. The van der Waals surface area contributed by atoms with Crippen molar-refractivity contribution in [2.75, 3.05) is 19.0 Å². The molecule has 0 aliphatic rings. The van der Waals surface area contributed by atoms with Crippen molar-refractivity contribution in [2.45, 2.75) is 12.5 Å². The molecule has 0 radical (unpaired) electrons. The van der Waals surface area contributed by atoms with Crippen LogP contribution in [0.2, 0.25) is 0 Å². The molecule has 2 aromatic rings. The SMILES string of the molecule is COC(CNC(=O)Nc1nc2ccccc2s1)CC(=O)O. The molecule has 0 spiro atoms. The molecule has 0 fully saturated rings. The molecule has 2 amide bonds. The third-order valence-corrected chi connectivity index (χ3v) is 3.69. The highest BCUT2D eigenvalue weighted by molar-refractivity contribution is 7.22. The number of urea groups is 1. The number of aromatic nitrogens is 1. The number of carboxylic acid groups (broad SMARTS) is 1. The van der Waals surface area contributed by atoms with Crippen molar-refractivity contribution >= 4 is 38.7 Å². The molecule has 3 N–H and O–H groups in total. The Labute approximate surface area is 124 Å². The first-order chi connectivity index (χ1) is 10.1. The van der Waals surface area contributed by atoms with E-state index in [4.69, 9.17) is 9.84 Å². The number of hydrogen-bond donors (Lipinski definition) is 3. The zero-order valence-corrected chi connectivity index (χ0v) is 12.1. The van der Waals surface area contributed by atoms with Gasteiger partial charge in [-0.3, -0.25) is 10.1 Å². The Morgan fingerprint density at radius 2 is 2.19 bits per heavy atom. The van der Waals surface area contributed by atoms with Crippen LogP contribution in [0.3, 0.4) is 0 Å². The number of carbonyl (C=O) groups excluding carboxylic acids is 1. The van der Waals surface area contributed by atoms with Crippen molar-refractivity contribution in [3.63, 3.8) is 0 Å². The number of hydrogen-bond acceptors (Lipinski definition) is 5. The number of anilines is 1. The molecule has 0 bridgehead atoms. The van der Waals surface area contributed by atoms with Crippen molar-refractivity contribution in [1.82, 2.24) is 10.3 Å². The number of nitrogens with one attached hydrogen (secondary N) is 2. The van der Waals surface area contributed by atoms with Crippen LogP contribution in [0.1, 0.15) is 6.42 Å². The molecular formula is C13H15N3O4S. The summed E-state index contributed by atoms with van der Waals surface area (Å²) in [4.78, 5) is 26.6. The van der Waals surface area contributed by atoms with E-state index in [9.17, 15) is 9.59 Å². The standard InChI is InChI=1S/C13H15N3O4S/c1-20-8(6-11(17)18)7-14-12(19)16-13-15-9-4-2-3-5-10(9)21-13/h2-5,8H,6-7H2,1H3,(H,17,18)(H2,14,15,16,19). The molecule has 21 heavy (non-hydrogen) atoms. The van der Waals surface area contributed by atoms with Crippen LogP contribution in [0, 0.1) is 0 Å². The molecule has 1 unspecified atom stereocenters. The van der Waals surface area contributed by atoms with E-state index in [-0.39, 0.29) is 13.0 Å². The van der Waals surface area contributed by atoms with Gasteiger partial charge in [-0.2, -0.15) is 0 Å². The van der Waals surface area contributed by atoms with Gasteiger partial charge in [0.15, 0.2) is 5.13 Å². The summed E-state index contributed by atoms with van der Waals surface area (Å²) >= 11 is 1.37. The molecule has 1 atom stereocenters. The first kappa shape index (κ1) is 15.2. The van der Waals surface area contributed by atoms with Gasteiger partial charge in [0.1, 0.15) is 0 Å². The molecule has 8 heteroatoms. The summed E-state index contributed by atoms with van der Waals surface area (Å²) < 4.78 is 5.95. The number of rotatable bonds is 6. The monoisotopic (exact) mass is 309 g/mol. The van der Waals surface area contributed by atoms with Crippen LogP contribution < -0.4 is 10.6 Å². The third-order valence-electron chi connectivity index (χ3n) is 2.74. The number of amides is 2. The van der Waals surface area contributed by atoms with Crippen molar-refractivity contribution < 1.29 is 19.4 Å². The van der Waals surface area contributed by atoms with E-state index in [1.807, 2.05) is 24.3 Å². The average Bonchev–Trinajstić information content (AvgIpc) is 2.85. The minimum absolute atomic E-state index is 0.111. The summed E-state index contributed by atoms with van der Waals surface area (Å²) in [5.74, 6) is -0.977. The Bertz CT molecular complexity index is 610. The number of carbonyl (C=O) groups is 2. The van der Waals surface area contributed by atoms with Gasteiger partial charge in [0, 0.05) is 13.7 Å². The highest BCUT2D eigenvalue weighted by Crippen LogP contribution is 2.25. The summed E-state index contributed by atoms with van der Waals surface area (Å²) in [5.41, 5.74) is 0.818. The number of fused-ring (bicyclic) bond motifs is 1. The number of methoxy groups -OCH3 is 1. The summed E-state index contributed by atoms with van der Waals surface area (Å²) in [6.45, 7) is 0.111. The summed E-state index contributed by atoms with van der Waals surface area (Å²) in [6.07, 6.45) is -0.735. The molecule has 0 aliphatic heterocycles. The zero-order valence-electron chi connectivity index (χ0n) is 11.3. The van der Waals surface area contributed by atoms with Crippen LogP contribution in [-0.2, 0) is 9.53 Å². The van der Waals surface area contributed by atoms with Gasteiger partial charge >= 0.3 is 12.0 Å². The van der Waals surface area contributed by atoms with Gasteiger partial charge in [-0.05, 0) is 12.1 Å². The van der Waals surface area contributed by atoms with Gasteiger partial charge in [0.25, 0.3) is 0 Å². The smallest absolute Gasteiger partial charge is 0.321 e. The fraction of sp³-hybridized carbons (Fsp3) is 0.308. The Balaban J connectivity index is 1.87. The van der Waals surface area contributed by atoms with Crippen LogP contribution in [0.25, 0.3) is 10.2 Å². The number of thiazole rings is 1. The van der Waals surface area contributed by atoms with Crippen LogP contribution in [0.15, 0.2) is 24.3 Å². The topological polar surface area (TPSA) is 101 Å². The maximum absolute atomic E-state index is 11.7. The Morgan fingerprint density at radius 1 is 1.43 bits per heavy atom. The van der Waals surface area contributed by atoms with Crippen LogP contribution in [-0.4, -0.2) is 41.8 Å². The molecule has 7 nitrogen and oxygen atoms in total. The van der Waals surface area contributed by atoms with Crippen molar-refractivity contribution in [1.29, 1.82) is 0 Å². The number of ether oxygens (including phenoxy) is 1. The second-order valence-electron chi connectivity index (χ2n) is 4.28. The molecule has 0 saturated carbocycles. The van der Waals surface area contributed by atoms with Crippen LogP contribution >= 0.6 is 11.3 Å². The lowest BCUT2D eigenvalue weighted by Crippen LogP contribution is -2.37. The third kappa shape index (κ3) is 4.40. The first-order valence-corrected chi connectivity index (χ1v) is 7.05. The Hall–Kier alpha value is -2.19. The molecule has 112 valence electrons. The highest BCUT2D eigenvalue weighted by Gasteiger charge is 2.14. The van der Waals surface area contributed by atoms with E-state index in [0.717, 1.165) is 10.2 Å². The molecule has 1 aromatic heterocycles. The summed E-state index contributed by atoms with van der Waals surface area (Å²) in [6, 6.07) is 7.12. The highest BCUT2D eigenvalue weighted by atomic mass is 32.1. The Kier molecular flexibility index (Phi) is 5.07. The fourth-order valence-electron chi connectivity index (χ4n) is 1.71. The van der Waals surface area contributed by atoms with Crippen LogP contribution in [0.4, 0.5) is 9.93 Å². The molecular weight excluding hydrogens is 294 g/mol. The predicted molar refractivity (Wildman–Crippen MR) is 79.7 cm³/mol. The number of carboxylic acids is 1. The van der Waals surface area contributed by atoms with Gasteiger partial charge in [-0.15, -0.1) is 0 Å². The normalized spacial score (nSPS) is 12.0. The molecule has 0 saturated heterocycles. The lowest BCUT2D eigenvalue weighted by atomic mass is 10.2. The van der Waals surface area contributed by atoms with Crippen molar-refractivity contribution in [3.05, 3.63) is 24.3 Å². The Morgan fingerprint density at radius 3 is 2.86 bits per heavy atom. The summed E-state index contributed by atoms with van der Waals surface area (Å²) in [7, 11) is 1.40. The van der Waals surface area contributed by atoms with Gasteiger partial charge in [-0.25, -0.2) is 9.78 Å². The molecule has 2 rings (SSSR count). The predicted octanol–water partition coefficient (Wildman–Crippen LogP) is 1.91. The van der Waals surface area contributed by atoms with Gasteiger partial charge in [0.2, 0.25) is 0 Å². The molecule has 1 aromatic carbocycles. The van der Waals surface area contributed by atoms with Gasteiger partial charge in [0.05, 0.1) is 22.7 Å². The van der Waals surface area contributed by atoms with E-state index in [0.29, 0.717) is 5.13 Å². The van der Waals surface area contributed by atoms with Crippen molar-refractivity contribution in [3.8, 4) is 0 Å². The fourth-order valence-corrected chi connectivity index (χ4v) is 2.57. The number of aliphatic carboxylic acids is 1. The van der Waals surface area contributed by atoms with Crippen molar-refractivity contribution in [2.24, 2.45) is 0 Å². The lowest BCUT2D eigenvalue weighted by molar-refractivity contribution is -0.139. The maximum Gasteiger partial charge on any atom is 0.321 e. The maximum atomic E-state index is 11.7. The number of para-hydroxylation sites is 1. The number of nitrogens with zero attached hydrogens (tertiary/aromatic N) is 1. The minimum Gasteiger partial charge on any atom is -0.481 e. The van der Waals surface area contributed by atoms with Gasteiger partial charge in [-0.1, -0.05) is 23.5 Å². The molecule has 1 heterocycles. The summed E-state index contributed by atoms with van der Waals surface area (Å²) in [5, 5.41) is 14.3. The van der Waals surface area contributed by atoms with E-state index in [1.54, 1.807) is 0 Å². The largest absolute Gasteiger partial charge is 0.481 e.